The zero-order valence-corrected chi connectivity index (χ0v) is 7.63. The molecule has 2 aromatic rings. The number of benzene rings is 1. The molecular formula is C10H11NO2. The molecule has 0 aliphatic rings. The van der Waals surface area contributed by atoms with Crippen LogP contribution in [0.25, 0.3) is 11.1 Å². The van der Waals surface area contributed by atoms with Crippen molar-refractivity contribution in [2.75, 3.05) is 0 Å². The maximum absolute atomic E-state index is 10.9. The Balaban J connectivity index is 2.82. The number of aromatic nitrogens is 1. The summed E-state index contributed by atoms with van der Waals surface area (Å²) in [5.41, 5.74) is 2.52. The lowest BCUT2D eigenvalue weighted by Crippen LogP contribution is -1.92. The lowest BCUT2D eigenvalue weighted by atomic mass is 10.0. The molecule has 0 aliphatic heterocycles. The quantitative estimate of drug-likeness (QED) is 0.726. The highest BCUT2D eigenvalue weighted by molar-refractivity contribution is 5.76. The summed E-state index contributed by atoms with van der Waals surface area (Å²) >= 11 is 0. The maximum atomic E-state index is 10.9. The smallest absolute Gasteiger partial charge is 0.408 e. The van der Waals surface area contributed by atoms with E-state index in [1.165, 1.54) is 0 Å². The van der Waals surface area contributed by atoms with Crippen molar-refractivity contribution in [2.45, 2.75) is 19.8 Å². The fourth-order valence-corrected chi connectivity index (χ4v) is 1.45. The van der Waals surface area contributed by atoms with Crippen molar-refractivity contribution >= 4 is 11.1 Å². The second-order valence-corrected chi connectivity index (χ2v) is 3.39. The van der Waals surface area contributed by atoms with Crippen LogP contribution in [0, 0.1) is 0 Å². The van der Waals surface area contributed by atoms with Crippen LogP contribution in [-0.2, 0) is 0 Å². The van der Waals surface area contributed by atoms with Crippen molar-refractivity contribution in [3.05, 3.63) is 34.3 Å². The normalized spacial score (nSPS) is 11.3. The van der Waals surface area contributed by atoms with E-state index >= 15 is 0 Å². The van der Waals surface area contributed by atoms with Crippen LogP contribution in [-0.4, -0.2) is 4.98 Å². The Morgan fingerprint density at radius 2 is 2.15 bits per heavy atom. The molecule has 13 heavy (non-hydrogen) atoms. The van der Waals surface area contributed by atoms with Gasteiger partial charge in [-0.3, -0.25) is 4.98 Å². The molecule has 1 heterocycles. The minimum absolute atomic E-state index is 0.364. The third-order valence-corrected chi connectivity index (χ3v) is 2.10. The van der Waals surface area contributed by atoms with Crippen molar-refractivity contribution < 1.29 is 4.42 Å². The van der Waals surface area contributed by atoms with E-state index in [9.17, 15) is 4.79 Å². The molecule has 0 unspecified atom stereocenters. The molecule has 0 saturated heterocycles. The summed E-state index contributed by atoms with van der Waals surface area (Å²) in [5.74, 6) is -0.0225. The molecule has 0 spiro atoms. The standard InChI is InChI=1S/C10H11NO2/c1-6(2)7-4-3-5-8-9(7)13-10(12)11-8/h3-6H,1-2H3,(H,11,12). The summed E-state index contributed by atoms with van der Waals surface area (Å²) in [6.07, 6.45) is 0. The fraction of sp³-hybridized carbons (Fsp3) is 0.300. The summed E-state index contributed by atoms with van der Waals surface area (Å²) in [7, 11) is 0. The Morgan fingerprint density at radius 3 is 2.85 bits per heavy atom. The van der Waals surface area contributed by atoms with Gasteiger partial charge in [0.15, 0.2) is 5.58 Å². The highest BCUT2D eigenvalue weighted by Crippen LogP contribution is 2.22. The van der Waals surface area contributed by atoms with Gasteiger partial charge < -0.3 is 4.42 Å². The molecule has 0 atom stereocenters. The number of hydrogen-bond donors (Lipinski definition) is 1. The van der Waals surface area contributed by atoms with Crippen LogP contribution in [0.5, 0.6) is 0 Å². The Bertz CT molecular complexity index is 479. The van der Waals surface area contributed by atoms with Crippen LogP contribution in [0.1, 0.15) is 25.3 Å². The molecule has 1 N–H and O–H groups in total. The molecule has 2 rings (SSSR count). The van der Waals surface area contributed by atoms with E-state index in [0.717, 1.165) is 11.1 Å². The second kappa shape index (κ2) is 2.76. The maximum Gasteiger partial charge on any atom is 0.417 e. The largest absolute Gasteiger partial charge is 0.417 e. The van der Waals surface area contributed by atoms with E-state index in [1.54, 1.807) is 0 Å². The van der Waals surface area contributed by atoms with Gasteiger partial charge in [-0.1, -0.05) is 26.0 Å². The number of aromatic amines is 1. The molecule has 3 heteroatoms. The molecule has 3 nitrogen and oxygen atoms in total. The Labute approximate surface area is 75.4 Å². The van der Waals surface area contributed by atoms with Gasteiger partial charge in [-0.15, -0.1) is 0 Å². The van der Waals surface area contributed by atoms with Gasteiger partial charge in [0.1, 0.15) is 0 Å². The Kier molecular flexibility index (Phi) is 1.72. The molecule has 0 fully saturated rings. The van der Waals surface area contributed by atoms with Crippen LogP contribution < -0.4 is 5.76 Å². The molecule has 1 aromatic heterocycles. The highest BCUT2D eigenvalue weighted by Gasteiger charge is 2.08. The number of nitrogens with one attached hydrogen (secondary N) is 1. The summed E-state index contributed by atoms with van der Waals surface area (Å²) in [4.78, 5) is 13.6. The predicted octanol–water partition coefficient (Wildman–Crippen LogP) is 2.24. The van der Waals surface area contributed by atoms with Gasteiger partial charge in [0, 0.05) is 0 Å². The van der Waals surface area contributed by atoms with Crippen LogP contribution in [0.15, 0.2) is 27.4 Å². The fourth-order valence-electron chi connectivity index (χ4n) is 1.45. The minimum Gasteiger partial charge on any atom is -0.408 e. The summed E-state index contributed by atoms with van der Waals surface area (Å²) in [5, 5.41) is 0. The van der Waals surface area contributed by atoms with E-state index in [4.69, 9.17) is 4.42 Å². The second-order valence-electron chi connectivity index (χ2n) is 3.39. The van der Waals surface area contributed by atoms with Gasteiger partial charge in [0.2, 0.25) is 0 Å². The first-order valence-electron chi connectivity index (χ1n) is 4.30. The highest BCUT2D eigenvalue weighted by atomic mass is 16.4. The van der Waals surface area contributed by atoms with E-state index < -0.39 is 0 Å². The average Bonchev–Trinajstić information content (AvgIpc) is 2.43. The number of fused-ring (bicyclic) bond motifs is 1. The average molecular weight is 177 g/mol. The van der Waals surface area contributed by atoms with E-state index in [-0.39, 0.29) is 5.76 Å². The van der Waals surface area contributed by atoms with Crippen molar-refractivity contribution in [2.24, 2.45) is 0 Å². The predicted molar refractivity (Wildman–Crippen MR) is 50.9 cm³/mol. The third kappa shape index (κ3) is 1.26. The molecule has 68 valence electrons. The zero-order chi connectivity index (χ0) is 9.42. The first-order valence-corrected chi connectivity index (χ1v) is 4.30. The van der Waals surface area contributed by atoms with Gasteiger partial charge in [-0.2, -0.15) is 0 Å². The monoisotopic (exact) mass is 177 g/mol. The Morgan fingerprint density at radius 1 is 1.38 bits per heavy atom. The lowest BCUT2D eigenvalue weighted by Gasteiger charge is -2.03. The molecular weight excluding hydrogens is 166 g/mol. The van der Waals surface area contributed by atoms with E-state index in [1.807, 2.05) is 18.2 Å². The van der Waals surface area contributed by atoms with Crippen molar-refractivity contribution in [1.29, 1.82) is 0 Å². The molecule has 0 aliphatic carbocycles. The van der Waals surface area contributed by atoms with Gasteiger partial charge in [0.05, 0.1) is 5.52 Å². The number of rotatable bonds is 1. The van der Waals surface area contributed by atoms with Crippen molar-refractivity contribution in [3.8, 4) is 0 Å². The Hall–Kier alpha value is -1.51. The zero-order valence-electron chi connectivity index (χ0n) is 7.63. The van der Waals surface area contributed by atoms with Gasteiger partial charge in [0.25, 0.3) is 0 Å². The van der Waals surface area contributed by atoms with E-state index in [0.29, 0.717) is 11.5 Å². The number of H-pyrrole nitrogens is 1. The van der Waals surface area contributed by atoms with Gasteiger partial charge in [-0.25, -0.2) is 4.79 Å². The van der Waals surface area contributed by atoms with Crippen LogP contribution in [0.2, 0.25) is 0 Å². The van der Waals surface area contributed by atoms with E-state index in [2.05, 4.69) is 18.8 Å². The van der Waals surface area contributed by atoms with Crippen molar-refractivity contribution in [3.63, 3.8) is 0 Å². The topological polar surface area (TPSA) is 46.0 Å². The van der Waals surface area contributed by atoms with Crippen LogP contribution in [0.3, 0.4) is 0 Å². The number of para-hydroxylation sites is 1. The minimum atomic E-state index is -0.386. The summed E-state index contributed by atoms with van der Waals surface area (Å²) in [6, 6.07) is 5.74. The first kappa shape index (κ1) is 8.10. The molecule has 0 radical (unpaired) electrons. The molecule has 0 saturated carbocycles. The van der Waals surface area contributed by atoms with Gasteiger partial charge >= 0.3 is 5.76 Å². The molecule has 1 aromatic carbocycles. The van der Waals surface area contributed by atoms with Crippen LogP contribution in [0.4, 0.5) is 0 Å². The van der Waals surface area contributed by atoms with Gasteiger partial charge in [-0.05, 0) is 17.5 Å². The van der Waals surface area contributed by atoms with Crippen molar-refractivity contribution in [1.82, 2.24) is 4.98 Å². The molecule has 0 amide bonds. The van der Waals surface area contributed by atoms with Crippen LogP contribution >= 0.6 is 0 Å². The summed E-state index contributed by atoms with van der Waals surface area (Å²) in [6.45, 7) is 4.14. The number of hydrogen-bond acceptors (Lipinski definition) is 2. The lowest BCUT2D eigenvalue weighted by molar-refractivity contribution is 0.550. The first-order chi connectivity index (χ1) is 6.18. The SMILES string of the molecule is CC(C)c1cccc2[nH]c(=O)oc12. The third-order valence-electron chi connectivity index (χ3n) is 2.10. The molecule has 0 bridgehead atoms. The summed E-state index contributed by atoms with van der Waals surface area (Å²) < 4.78 is 5.05. The number of oxazole rings is 1.